The fourth-order valence-corrected chi connectivity index (χ4v) is 5.39. The first-order chi connectivity index (χ1) is 26.5. The SMILES string of the molecule is CC/C=C\C/C=C\C/C=C\C/C=C\CCCCCC(=O)OCC(COC(=O)CCCC/C=C\C/C=C\CC)OC(=O)CCCCCCC/C=C\CCCC. The van der Waals surface area contributed by atoms with Gasteiger partial charge in [-0.1, -0.05) is 144 Å². The highest BCUT2D eigenvalue weighted by molar-refractivity contribution is 5.71. The summed E-state index contributed by atoms with van der Waals surface area (Å²) in [5.74, 6) is -0.995. The number of hydrogen-bond donors (Lipinski definition) is 0. The van der Waals surface area contributed by atoms with Crippen LogP contribution in [0.15, 0.2) is 85.1 Å². The molecule has 0 bridgehead atoms. The predicted octanol–water partition coefficient (Wildman–Crippen LogP) is 13.7. The molecule has 54 heavy (non-hydrogen) atoms. The van der Waals surface area contributed by atoms with Crippen molar-refractivity contribution in [1.29, 1.82) is 0 Å². The fourth-order valence-electron chi connectivity index (χ4n) is 5.39. The monoisotopic (exact) mass is 751 g/mol. The van der Waals surface area contributed by atoms with Crippen molar-refractivity contribution in [1.82, 2.24) is 0 Å². The fraction of sp³-hybridized carbons (Fsp3) is 0.646. The predicted molar refractivity (Wildman–Crippen MR) is 228 cm³/mol. The van der Waals surface area contributed by atoms with E-state index in [1.807, 2.05) is 0 Å². The number of esters is 3. The van der Waals surface area contributed by atoms with Gasteiger partial charge in [-0.15, -0.1) is 0 Å². The molecule has 6 nitrogen and oxygen atoms in total. The first-order valence-corrected chi connectivity index (χ1v) is 21.6. The standard InChI is InChI=1S/C48H78O6/c1-4-7-10-13-16-19-21-22-23-24-25-27-29-32-35-38-41-47(50)53-44-45(43-52-46(49)40-37-34-31-28-18-15-12-9-6-3)54-48(51)42-39-36-33-30-26-20-17-14-11-8-5-2/h7,9-10,12,14,16-19,22-23,25,27-28,45H,4-6,8,11,13,15,20-21,24,26,29-44H2,1-3H3/b10-7-,12-9-,17-14-,19-16-,23-22-,27-25-,28-18-. The Kier molecular flexibility index (Phi) is 39.7. The Bertz CT molecular complexity index is 1090. The molecule has 1 unspecified atom stereocenters. The van der Waals surface area contributed by atoms with Gasteiger partial charge in [0.15, 0.2) is 6.10 Å². The second-order valence-electron chi connectivity index (χ2n) is 13.8. The molecule has 306 valence electrons. The molecule has 0 radical (unpaired) electrons. The molecule has 0 saturated heterocycles. The normalized spacial score (nSPS) is 12.9. The molecular formula is C48H78O6. The van der Waals surface area contributed by atoms with E-state index in [1.54, 1.807) is 0 Å². The van der Waals surface area contributed by atoms with Crippen LogP contribution in [0.4, 0.5) is 0 Å². The van der Waals surface area contributed by atoms with E-state index >= 15 is 0 Å². The van der Waals surface area contributed by atoms with Gasteiger partial charge in [-0.2, -0.15) is 0 Å². The Morgan fingerprint density at radius 3 is 1.20 bits per heavy atom. The van der Waals surface area contributed by atoms with Crippen molar-refractivity contribution in [3.05, 3.63) is 85.1 Å². The van der Waals surface area contributed by atoms with Crippen molar-refractivity contribution in [2.24, 2.45) is 0 Å². The zero-order chi connectivity index (χ0) is 39.4. The molecule has 0 aromatic rings. The minimum absolute atomic E-state index is 0.108. The number of allylic oxidation sites excluding steroid dienone is 14. The molecule has 0 saturated carbocycles. The summed E-state index contributed by atoms with van der Waals surface area (Å²) < 4.78 is 16.6. The smallest absolute Gasteiger partial charge is 0.306 e. The highest BCUT2D eigenvalue weighted by Crippen LogP contribution is 2.12. The van der Waals surface area contributed by atoms with Crippen LogP contribution >= 0.6 is 0 Å². The van der Waals surface area contributed by atoms with E-state index in [4.69, 9.17) is 14.2 Å². The molecule has 0 aliphatic heterocycles. The van der Waals surface area contributed by atoms with Crippen molar-refractivity contribution in [2.75, 3.05) is 13.2 Å². The lowest BCUT2D eigenvalue weighted by Gasteiger charge is -2.18. The summed E-state index contributed by atoms with van der Waals surface area (Å²) in [6.45, 7) is 6.26. The quantitative estimate of drug-likeness (QED) is 0.0272. The summed E-state index contributed by atoms with van der Waals surface area (Å²) >= 11 is 0. The lowest BCUT2D eigenvalue weighted by molar-refractivity contribution is -0.167. The molecule has 1 atom stereocenters. The lowest BCUT2D eigenvalue weighted by Crippen LogP contribution is -2.30. The van der Waals surface area contributed by atoms with Gasteiger partial charge in [0.25, 0.3) is 0 Å². The molecule has 0 N–H and O–H groups in total. The average molecular weight is 751 g/mol. The van der Waals surface area contributed by atoms with Gasteiger partial charge in [-0.25, -0.2) is 0 Å². The summed E-state index contributed by atoms with van der Waals surface area (Å²) in [6, 6.07) is 0. The van der Waals surface area contributed by atoms with Crippen LogP contribution in [-0.4, -0.2) is 37.2 Å². The minimum atomic E-state index is -0.804. The van der Waals surface area contributed by atoms with Gasteiger partial charge in [0, 0.05) is 19.3 Å². The molecule has 0 amide bonds. The molecule has 0 rings (SSSR count). The zero-order valence-corrected chi connectivity index (χ0v) is 34.7. The topological polar surface area (TPSA) is 78.9 Å². The molecule has 6 heteroatoms. The first-order valence-electron chi connectivity index (χ1n) is 21.6. The zero-order valence-electron chi connectivity index (χ0n) is 34.7. The first kappa shape index (κ1) is 50.6. The van der Waals surface area contributed by atoms with Gasteiger partial charge in [0.2, 0.25) is 0 Å². The van der Waals surface area contributed by atoms with Crippen molar-refractivity contribution in [3.63, 3.8) is 0 Å². The summed E-state index contributed by atoms with van der Waals surface area (Å²) in [7, 11) is 0. The Morgan fingerprint density at radius 1 is 0.389 bits per heavy atom. The summed E-state index contributed by atoms with van der Waals surface area (Å²) in [5, 5.41) is 0. The van der Waals surface area contributed by atoms with E-state index in [1.165, 1.54) is 25.7 Å². The molecule has 0 aliphatic carbocycles. The van der Waals surface area contributed by atoms with Crippen LogP contribution in [0.1, 0.15) is 181 Å². The highest BCUT2D eigenvalue weighted by atomic mass is 16.6. The average Bonchev–Trinajstić information content (AvgIpc) is 3.17. The van der Waals surface area contributed by atoms with Gasteiger partial charge < -0.3 is 14.2 Å². The van der Waals surface area contributed by atoms with Crippen molar-refractivity contribution < 1.29 is 28.6 Å². The summed E-state index contributed by atoms with van der Waals surface area (Å²) in [6.07, 6.45) is 52.9. The van der Waals surface area contributed by atoms with E-state index in [-0.39, 0.29) is 31.1 Å². The number of rotatable bonds is 37. The van der Waals surface area contributed by atoms with Crippen molar-refractivity contribution in [3.8, 4) is 0 Å². The second-order valence-corrected chi connectivity index (χ2v) is 13.8. The Morgan fingerprint density at radius 2 is 0.722 bits per heavy atom. The van der Waals surface area contributed by atoms with Gasteiger partial charge in [0.05, 0.1) is 0 Å². The molecule has 0 spiro atoms. The molecular weight excluding hydrogens is 673 g/mol. The van der Waals surface area contributed by atoms with Crippen LogP contribution in [0.3, 0.4) is 0 Å². The van der Waals surface area contributed by atoms with Gasteiger partial charge in [-0.3, -0.25) is 14.4 Å². The van der Waals surface area contributed by atoms with Crippen LogP contribution in [0, 0.1) is 0 Å². The van der Waals surface area contributed by atoms with E-state index in [0.29, 0.717) is 19.3 Å². The number of carbonyl (C=O) groups excluding carboxylic acids is 3. The van der Waals surface area contributed by atoms with E-state index in [9.17, 15) is 14.4 Å². The van der Waals surface area contributed by atoms with Gasteiger partial charge in [-0.05, 0) is 103 Å². The molecule has 0 aliphatic rings. The lowest BCUT2D eigenvalue weighted by atomic mass is 10.1. The number of carbonyl (C=O) groups is 3. The highest BCUT2D eigenvalue weighted by Gasteiger charge is 2.19. The maximum atomic E-state index is 12.7. The van der Waals surface area contributed by atoms with E-state index < -0.39 is 6.10 Å². The largest absolute Gasteiger partial charge is 0.462 e. The summed E-state index contributed by atoms with van der Waals surface area (Å²) in [4.78, 5) is 37.6. The Hall–Kier alpha value is -3.41. The van der Waals surface area contributed by atoms with Crippen LogP contribution in [0.25, 0.3) is 0 Å². The van der Waals surface area contributed by atoms with Crippen LogP contribution in [0.2, 0.25) is 0 Å². The minimum Gasteiger partial charge on any atom is -0.462 e. The summed E-state index contributed by atoms with van der Waals surface area (Å²) in [5.41, 5.74) is 0. The number of unbranched alkanes of at least 4 members (excludes halogenated alkanes) is 12. The molecule has 0 aromatic carbocycles. The third kappa shape index (κ3) is 39.8. The van der Waals surface area contributed by atoms with Gasteiger partial charge >= 0.3 is 17.9 Å². The second kappa shape index (κ2) is 42.3. The van der Waals surface area contributed by atoms with Crippen LogP contribution in [-0.2, 0) is 28.6 Å². The van der Waals surface area contributed by atoms with E-state index in [0.717, 1.165) is 116 Å². The Labute approximate surface area is 331 Å². The third-order valence-electron chi connectivity index (χ3n) is 8.61. The number of hydrogen-bond acceptors (Lipinski definition) is 6. The maximum Gasteiger partial charge on any atom is 0.306 e. The Balaban J connectivity index is 4.46. The van der Waals surface area contributed by atoms with Crippen LogP contribution in [0.5, 0.6) is 0 Å². The molecule has 0 aromatic heterocycles. The third-order valence-corrected chi connectivity index (χ3v) is 8.61. The van der Waals surface area contributed by atoms with Crippen molar-refractivity contribution in [2.45, 2.75) is 187 Å². The molecule has 0 fully saturated rings. The van der Waals surface area contributed by atoms with Crippen molar-refractivity contribution >= 4 is 17.9 Å². The van der Waals surface area contributed by atoms with Crippen LogP contribution < -0.4 is 0 Å². The van der Waals surface area contributed by atoms with E-state index in [2.05, 4.69) is 106 Å². The molecule has 0 heterocycles. The number of ether oxygens (including phenoxy) is 3. The van der Waals surface area contributed by atoms with Gasteiger partial charge in [0.1, 0.15) is 13.2 Å². The maximum absolute atomic E-state index is 12.7.